The molecule has 100 valence electrons. The summed E-state index contributed by atoms with van der Waals surface area (Å²) in [6, 6.07) is 0.0522. The topological polar surface area (TPSA) is 75.9 Å². The van der Waals surface area contributed by atoms with Crippen LogP contribution in [0.3, 0.4) is 0 Å². The fourth-order valence-electron chi connectivity index (χ4n) is 2.53. The maximum absolute atomic E-state index is 12.4. The summed E-state index contributed by atoms with van der Waals surface area (Å²) in [5.74, 6) is 0.292. The molecule has 17 heavy (non-hydrogen) atoms. The van der Waals surface area contributed by atoms with Crippen LogP contribution >= 0.6 is 0 Å². The quantitative estimate of drug-likeness (QED) is 0.725. The van der Waals surface area contributed by atoms with Crippen LogP contribution in [0.5, 0.6) is 0 Å². The van der Waals surface area contributed by atoms with Gasteiger partial charge < -0.3 is 10.5 Å². The van der Waals surface area contributed by atoms with Crippen LogP contribution in [0, 0.1) is 5.92 Å². The monoisotopic (exact) mass is 263 g/mol. The number of rotatable bonds is 3. The van der Waals surface area contributed by atoms with E-state index in [0.717, 1.165) is 6.42 Å². The van der Waals surface area contributed by atoms with Gasteiger partial charge in [0.05, 0.1) is 13.2 Å². The van der Waals surface area contributed by atoms with Crippen LogP contribution in [0.1, 0.15) is 13.3 Å². The Morgan fingerprint density at radius 1 is 1.35 bits per heavy atom. The van der Waals surface area contributed by atoms with E-state index in [9.17, 15) is 8.42 Å². The summed E-state index contributed by atoms with van der Waals surface area (Å²) in [5, 5.41) is 0. The van der Waals surface area contributed by atoms with Gasteiger partial charge in [-0.15, -0.1) is 0 Å². The summed E-state index contributed by atoms with van der Waals surface area (Å²) >= 11 is 0. The van der Waals surface area contributed by atoms with Crippen molar-refractivity contribution in [3.63, 3.8) is 0 Å². The standard InChI is InChI=1S/C10H21N3O3S/c1-9-6-10(7-11)8-13(9)17(14,15)12-2-4-16-5-3-12/h9-10H,2-8,11H2,1H3. The van der Waals surface area contributed by atoms with E-state index in [-0.39, 0.29) is 6.04 Å². The molecule has 0 spiro atoms. The summed E-state index contributed by atoms with van der Waals surface area (Å²) in [5.41, 5.74) is 5.62. The third-order valence-electron chi connectivity index (χ3n) is 3.53. The molecular formula is C10H21N3O3S. The second-order valence-corrected chi connectivity index (χ2v) is 6.66. The van der Waals surface area contributed by atoms with E-state index in [1.54, 1.807) is 4.31 Å². The lowest BCUT2D eigenvalue weighted by Crippen LogP contribution is -2.49. The largest absolute Gasteiger partial charge is 0.379 e. The van der Waals surface area contributed by atoms with Gasteiger partial charge in [0.15, 0.2) is 0 Å². The van der Waals surface area contributed by atoms with Crippen molar-refractivity contribution in [1.29, 1.82) is 0 Å². The number of ether oxygens (including phenoxy) is 1. The van der Waals surface area contributed by atoms with Gasteiger partial charge in [-0.3, -0.25) is 0 Å². The molecule has 2 saturated heterocycles. The summed E-state index contributed by atoms with van der Waals surface area (Å²) < 4.78 is 33.1. The van der Waals surface area contributed by atoms with Crippen molar-refractivity contribution in [2.75, 3.05) is 39.4 Å². The molecule has 2 atom stereocenters. The van der Waals surface area contributed by atoms with E-state index in [2.05, 4.69) is 0 Å². The minimum absolute atomic E-state index is 0.0522. The zero-order valence-corrected chi connectivity index (χ0v) is 11.0. The first-order chi connectivity index (χ1) is 8.05. The third kappa shape index (κ3) is 2.63. The molecule has 2 heterocycles. The molecule has 0 aromatic rings. The Hall–Kier alpha value is -0.210. The molecule has 2 fully saturated rings. The molecule has 0 bridgehead atoms. The Balaban J connectivity index is 2.09. The van der Waals surface area contributed by atoms with Crippen molar-refractivity contribution in [2.45, 2.75) is 19.4 Å². The average molecular weight is 263 g/mol. The maximum Gasteiger partial charge on any atom is 0.282 e. The lowest BCUT2D eigenvalue weighted by molar-refractivity contribution is 0.0700. The molecule has 0 aliphatic carbocycles. The SMILES string of the molecule is CC1CC(CN)CN1S(=O)(=O)N1CCOCC1. The number of morpholine rings is 1. The average Bonchev–Trinajstić information content (AvgIpc) is 2.72. The minimum atomic E-state index is -3.32. The molecule has 6 nitrogen and oxygen atoms in total. The second-order valence-electron chi connectivity index (χ2n) is 4.78. The van der Waals surface area contributed by atoms with Gasteiger partial charge in [0, 0.05) is 25.7 Å². The molecule has 2 unspecified atom stereocenters. The van der Waals surface area contributed by atoms with Crippen LogP contribution in [0.15, 0.2) is 0 Å². The van der Waals surface area contributed by atoms with Crippen LogP contribution < -0.4 is 5.73 Å². The highest BCUT2D eigenvalue weighted by molar-refractivity contribution is 7.86. The zero-order valence-electron chi connectivity index (χ0n) is 10.2. The molecular weight excluding hydrogens is 242 g/mol. The molecule has 0 aromatic carbocycles. The van der Waals surface area contributed by atoms with E-state index in [0.29, 0.717) is 45.3 Å². The Morgan fingerprint density at radius 3 is 2.53 bits per heavy atom. The van der Waals surface area contributed by atoms with Gasteiger partial charge in [0.1, 0.15) is 0 Å². The van der Waals surface area contributed by atoms with Crippen molar-refractivity contribution >= 4 is 10.2 Å². The van der Waals surface area contributed by atoms with E-state index >= 15 is 0 Å². The van der Waals surface area contributed by atoms with Crippen LogP contribution in [0.2, 0.25) is 0 Å². The lowest BCUT2D eigenvalue weighted by atomic mass is 10.1. The number of hydrogen-bond donors (Lipinski definition) is 1. The van der Waals surface area contributed by atoms with Crippen molar-refractivity contribution in [1.82, 2.24) is 8.61 Å². The highest BCUT2D eigenvalue weighted by atomic mass is 32.2. The summed E-state index contributed by atoms with van der Waals surface area (Å²) in [7, 11) is -3.32. The highest BCUT2D eigenvalue weighted by Crippen LogP contribution is 2.27. The molecule has 0 saturated carbocycles. The molecule has 2 aliphatic heterocycles. The fourth-order valence-corrected chi connectivity index (χ4v) is 4.37. The summed E-state index contributed by atoms with van der Waals surface area (Å²) in [6.07, 6.45) is 0.861. The second kappa shape index (κ2) is 5.19. The predicted molar refractivity (Wildman–Crippen MR) is 64.6 cm³/mol. The smallest absolute Gasteiger partial charge is 0.282 e. The molecule has 0 aromatic heterocycles. The molecule has 0 amide bonds. The fraction of sp³-hybridized carbons (Fsp3) is 1.00. The number of nitrogens with two attached hydrogens (primary N) is 1. The molecule has 2 N–H and O–H groups in total. The molecule has 7 heteroatoms. The van der Waals surface area contributed by atoms with Crippen LogP contribution in [-0.4, -0.2) is 62.5 Å². The van der Waals surface area contributed by atoms with Gasteiger partial charge in [0.2, 0.25) is 0 Å². The van der Waals surface area contributed by atoms with Crippen LogP contribution in [0.4, 0.5) is 0 Å². The third-order valence-corrected chi connectivity index (χ3v) is 5.65. The highest BCUT2D eigenvalue weighted by Gasteiger charge is 2.39. The molecule has 0 radical (unpaired) electrons. The van der Waals surface area contributed by atoms with Gasteiger partial charge in [-0.1, -0.05) is 0 Å². The molecule has 2 rings (SSSR count). The van der Waals surface area contributed by atoms with Crippen molar-refractivity contribution in [3.05, 3.63) is 0 Å². The van der Waals surface area contributed by atoms with Gasteiger partial charge >= 0.3 is 0 Å². The number of nitrogens with zero attached hydrogens (tertiary/aromatic N) is 2. The van der Waals surface area contributed by atoms with E-state index in [4.69, 9.17) is 10.5 Å². The van der Waals surface area contributed by atoms with Crippen LogP contribution in [-0.2, 0) is 14.9 Å². The Kier molecular flexibility index (Phi) is 4.04. The predicted octanol–water partition coefficient (Wildman–Crippen LogP) is -0.767. The zero-order chi connectivity index (χ0) is 12.5. The van der Waals surface area contributed by atoms with Crippen molar-refractivity contribution in [2.24, 2.45) is 11.7 Å². The van der Waals surface area contributed by atoms with Gasteiger partial charge in [-0.05, 0) is 25.8 Å². The van der Waals surface area contributed by atoms with Crippen molar-refractivity contribution in [3.8, 4) is 0 Å². The van der Waals surface area contributed by atoms with Gasteiger partial charge in [-0.25, -0.2) is 0 Å². The molecule has 2 aliphatic rings. The number of hydrogen-bond acceptors (Lipinski definition) is 4. The maximum atomic E-state index is 12.4. The lowest BCUT2D eigenvalue weighted by Gasteiger charge is -2.31. The first kappa shape index (κ1) is 13.2. The Bertz CT molecular complexity index is 354. The Labute approximate surface area is 103 Å². The van der Waals surface area contributed by atoms with Gasteiger partial charge in [0.25, 0.3) is 10.2 Å². The normalized spacial score (nSPS) is 33.1. The summed E-state index contributed by atoms with van der Waals surface area (Å²) in [6.45, 7) is 4.95. The summed E-state index contributed by atoms with van der Waals surface area (Å²) in [4.78, 5) is 0. The first-order valence-electron chi connectivity index (χ1n) is 6.10. The first-order valence-corrected chi connectivity index (χ1v) is 7.50. The van der Waals surface area contributed by atoms with E-state index < -0.39 is 10.2 Å². The Morgan fingerprint density at radius 2 is 2.00 bits per heavy atom. The van der Waals surface area contributed by atoms with Crippen LogP contribution in [0.25, 0.3) is 0 Å². The van der Waals surface area contributed by atoms with E-state index in [1.807, 2.05) is 6.92 Å². The van der Waals surface area contributed by atoms with Gasteiger partial charge in [-0.2, -0.15) is 17.0 Å². The van der Waals surface area contributed by atoms with E-state index in [1.165, 1.54) is 4.31 Å². The minimum Gasteiger partial charge on any atom is -0.379 e. The van der Waals surface area contributed by atoms with Crippen molar-refractivity contribution < 1.29 is 13.2 Å².